The van der Waals surface area contributed by atoms with E-state index >= 15 is 0 Å². The zero-order valence-corrected chi connectivity index (χ0v) is 19.0. The molecule has 0 fully saturated rings. The highest BCUT2D eigenvalue weighted by Gasteiger charge is 2.13. The molecule has 4 rings (SSSR count). The van der Waals surface area contributed by atoms with E-state index < -0.39 is 5.97 Å². The van der Waals surface area contributed by atoms with Crippen molar-refractivity contribution in [3.63, 3.8) is 0 Å². The fourth-order valence-electron chi connectivity index (χ4n) is 3.26. The fourth-order valence-corrected chi connectivity index (χ4v) is 4.07. The molecule has 0 aliphatic rings. The number of rotatable bonds is 7. The molecule has 5 nitrogen and oxygen atoms in total. The van der Waals surface area contributed by atoms with Crippen molar-refractivity contribution in [1.29, 1.82) is 0 Å². The summed E-state index contributed by atoms with van der Waals surface area (Å²) < 4.78 is 4.99. The number of hydrogen-bond donors (Lipinski definition) is 0. The van der Waals surface area contributed by atoms with Gasteiger partial charge in [-0.2, -0.15) is 0 Å². The van der Waals surface area contributed by atoms with Crippen LogP contribution < -0.4 is 0 Å². The van der Waals surface area contributed by atoms with Crippen molar-refractivity contribution in [3.8, 4) is 0 Å². The average molecular weight is 456 g/mol. The Kier molecular flexibility index (Phi) is 6.86. The number of oxime groups is 1. The van der Waals surface area contributed by atoms with Gasteiger partial charge in [0.15, 0.2) is 5.78 Å². The Morgan fingerprint density at radius 1 is 0.818 bits per heavy atom. The third kappa shape index (κ3) is 5.48. The van der Waals surface area contributed by atoms with E-state index in [0.717, 1.165) is 26.5 Å². The van der Waals surface area contributed by atoms with Crippen LogP contribution in [-0.4, -0.2) is 17.5 Å². The molecular formula is C27H21NO4S. The van der Waals surface area contributed by atoms with Gasteiger partial charge in [-0.1, -0.05) is 53.3 Å². The van der Waals surface area contributed by atoms with Crippen molar-refractivity contribution in [2.75, 3.05) is 0 Å². The number of carbonyl (C=O) groups excluding carboxylic acids is 2. The molecule has 0 bridgehead atoms. The van der Waals surface area contributed by atoms with Gasteiger partial charge in [0.1, 0.15) is 12.0 Å². The van der Waals surface area contributed by atoms with E-state index in [9.17, 15) is 9.59 Å². The normalized spacial score (nSPS) is 11.3. The Hall–Kier alpha value is -3.90. The summed E-state index contributed by atoms with van der Waals surface area (Å²) in [5.74, 6) is -0.539. The minimum absolute atomic E-state index is 0.0690. The third-order valence-corrected chi connectivity index (χ3v) is 5.94. The fraction of sp³-hybridized carbons (Fsp3) is 0.0741. The highest BCUT2D eigenvalue weighted by atomic mass is 32.2. The first-order valence-electron chi connectivity index (χ1n) is 10.3. The molecule has 1 aromatic heterocycles. The van der Waals surface area contributed by atoms with Crippen LogP contribution >= 0.6 is 11.8 Å². The van der Waals surface area contributed by atoms with Gasteiger partial charge >= 0.3 is 5.97 Å². The SMILES string of the molecule is CC(=O)O/N=C(/c1ccc(Sc2ccc(C(=O)c3ccoc3)cc2)cc1)c1ccccc1C. The number of benzene rings is 3. The maximum atomic E-state index is 12.4. The molecule has 6 heteroatoms. The Morgan fingerprint density at radius 2 is 1.45 bits per heavy atom. The molecule has 0 aliphatic heterocycles. The van der Waals surface area contributed by atoms with Gasteiger partial charge in [-0.05, 0) is 55.0 Å². The molecule has 0 atom stereocenters. The lowest BCUT2D eigenvalue weighted by Crippen LogP contribution is -2.07. The molecule has 0 saturated heterocycles. The van der Waals surface area contributed by atoms with Gasteiger partial charge in [0.2, 0.25) is 0 Å². The topological polar surface area (TPSA) is 68.9 Å². The van der Waals surface area contributed by atoms with E-state index in [4.69, 9.17) is 9.25 Å². The predicted molar refractivity (Wildman–Crippen MR) is 128 cm³/mol. The quantitative estimate of drug-likeness (QED) is 0.142. The van der Waals surface area contributed by atoms with Crippen LogP contribution in [0.5, 0.6) is 0 Å². The van der Waals surface area contributed by atoms with E-state index in [1.165, 1.54) is 19.5 Å². The first-order valence-corrected chi connectivity index (χ1v) is 11.1. The summed E-state index contributed by atoms with van der Waals surface area (Å²) in [5, 5.41) is 4.11. The summed E-state index contributed by atoms with van der Waals surface area (Å²) in [6.07, 6.45) is 2.94. The Morgan fingerprint density at radius 3 is 2.03 bits per heavy atom. The second-order valence-corrected chi connectivity index (χ2v) is 8.48. The van der Waals surface area contributed by atoms with E-state index in [2.05, 4.69) is 5.16 Å². The minimum atomic E-state index is -0.469. The molecular weight excluding hydrogens is 434 g/mol. The van der Waals surface area contributed by atoms with Gasteiger partial charge in [0, 0.05) is 33.4 Å². The highest BCUT2D eigenvalue weighted by molar-refractivity contribution is 7.99. The van der Waals surface area contributed by atoms with Crippen LogP contribution in [0, 0.1) is 6.92 Å². The highest BCUT2D eigenvalue weighted by Crippen LogP contribution is 2.29. The summed E-state index contributed by atoms with van der Waals surface area (Å²) >= 11 is 1.59. The molecule has 0 unspecified atom stereocenters. The van der Waals surface area contributed by atoms with Gasteiger partial charge in [0.05, 0.1) is 11.8 Å². The summed E-state index contributed by atoms with van der Waals surface area (Å²) in [5.41, 5.74) is 4.52. The average Bonchev–Trinajstić information content (AvgIpc) is 3.36. The lowest BCUT2D eigenvalue weighted by Gasteiger charge is -2.10. The van der Waals surface area contributed by atoms with Crippen molar-refractivity contribution >= 4 is 29.2 Å². The van der Waals surface area contributed by atoms with Gasteiger partial charge < -0.3 is 9.25 Å². The Balaban J connectivity index is 1.52. The van der Waals surface area contributed by atoms with Crippen molar-refractivity contribution < 1.29 is 18.8 Å². The van der Waals surface area contributed by atoms with Crippen LogP contribution in [-0.2, 0) is 9.63 Å². The van der Waals surface area contributed by atoms with Gasteiger partial charge in [-0.15, -0.1) is 0 Å². The zero-order chi connectivity index (χ0) is 23.2. The number of hydrogen-bond acceptors (Lipinski definition) is 6. The van der Waals surface area contributed by atoms with Crippen LogP contribution in [0.2, 0.25) is 0 Å². The molecule has 4 aromatic rings. The third-order valence-electron chi connectivity index (χ3n) is 4.93. The van der Waals surface area contributed by atoms with Crippen LogP contribution in [0.3, 0.4) is 0 Å². The predicted octanol–water partition coefficient (Wildman–Crippen LogP) is 6.29. The Bertz CT molecular complexity index is 1290. The van der Waals surface area contributed by atoms with Crippen LogP contribution in [0.25, 0.3) is 0 Å². The second-order valence-electron chi connectivity index (χ2n) is 7.33. The second kappa shape index (κ2) is 10.1. The van der Waals surface area contributed by atoms with Crippen LogP contribution in [0.15, 0.2) is 111 Å². The minimum Gasteiger partial charge on any atom is -0.472 e. The number of aryl methyl sites for hydroxylation is 1. The molecule has 3 aromatic carbocycles. The molecule has 0 radical (unpaired) electrons. The molecule has 33 heavy (non-hydrogen) atoms. The molecule has 0 amide bonds. The lowest BCUT2D eigenvalue weighted by molar-refractivity contribution is -0.140. The van der Waals surface area contributed by atoms with Crippen molar-refractivity contribution in [2.45, 2.75) is 23.6 Å². The number of ketones is 1. The number of carbonyl (C=O) groups is 2. The van der Waals surface area contributed by atoms with Crippen LogP contribution in [0.1, 0.15) is 39.5 Å². The zero-order valence-electron chi connectivity index (χ0n) is 18.1. The largest absolute Gasteiger partial charge is 0.472 e. The summed E-state index contributed by atoms with van der Waals surface area (Å²) in [6.45, 7) is 3.32. The monoisotopic (exact) mass is 455 g/mol. The van der Waals surface area contributed by atoms with E-state index in [-0.39, 0.29) is 5.78 Å². The maximum Gasteiger partial charge on any atom is 0.332 e. The molecule has 164 valence electrons. The molecule has 0 spiro atoms. The van der Waals surface area contributed by atoms with Gasteiger partial charge in [-0.25, -0.2) is 4.79 Å². The molecule has 0 N–H and O–H groups in total. The van der Waals surface area contributed by atoms with E-state index in [1.54, 1.807) is 17.8 Å². The molecule has 0 aliphatic carbocycles. The van der Waals surface area contributed by atoms with Crippen molar-refractivity contribution in [3.05, 3.63) is 119 Å². The first kappa shape index (κ1) is 22.3. The molecule has 0 saturated carbocycles. The molecule has 1 heterocycles. The summed E-state index contributed by atoms with van der Waals surface area (Å²) in [6, 6.07) is 24.8. The van der Waals surface area contributed by atoms with Crippen molar-refractivity contribution in [2.24, 2.45) is 5.16 Å². The number of nitrogens with zero attached hydrogens (tertiary/aromatic N) is 1. The van der Waals surface area contributed by atoms with Crippen molar-refractivity contribution in [1.82, 2.24) is 0 Å². The van der Waals surface area contributed by atoms with Gasteiger partial charge in [0.25, 0.3) is 0 Å². The van der Waals surface area contributed by atoms with Crippen LogP contribution in [0.4, 0.5) is 0 Å². The standard InChI is InChI=1S/C27H21NO4S/c1-18-5-3-4-6-25(18)26(28-32-19(2)29)20-7-11-23(12-8-20)33-24-13-9-21(10-14-24)27(30)22-15-16-31-17-22/h3-17H,1-2H3/b28-26-. The Labute approximate surface area is 196 Å². The summed E-state index contributed by atoms with van der Waals surface area (Å²) in [7, 11) is 0. The summed E-state index contributed by atoms with van der Waals surface area (Å²) in [4.78, 5) is 30.7. The van der Waals surface area contributed by atoms with Gasteiger partial charge in [-0.3, -0.25) is 4.79 Å². The smallest absolute Gasteiger partial charge is 0.332 e. The number of furan rings is 1. The van der Waals surface area contributed by atoms with E-state index in [0.29, 0.717) is 16.8 Å². The van der Waals surface area contributed by atoms with E-state index in [1.807, 2.05) is 79.7 Å². The maximum absolute atomic E-state index is 12.4. The first-order chi connectivity index (χ1) is 16.0. The lowest BCUT2D eigenvalue weighted by atomic mass is 9.98.